The van der Waals surface area contributed by atoms with Gasteiger partial charge in [-0.15, -0.1) is 0 Å². The third-order valence-corrected chi connectivity index (χ3v) is 18.0. The maximum Gasteiger partial charge on any atom is 0.416 e. The van der Waals surface area contributed by atoms with E-state index >= 15 is 0 Å². The molecule has 2 heterocycles. The number of aromatic nitrogens is 2. The van der Waals surface area contributed by atoms with Crippen LogP contribution in [-0.4, -0.2) is 9.13 Å². The van der Waals surface area contributed by atoms with Crippen molar-refractivity contribution in [3.05, 3.63) is 240 Å². The van der Waals surface area contributed by atoms with Gasteiger partial charge in [-0.2, -0.15) is 26.3 Å². The first-order valence-electron chi connectivity index (χ1n) is 30.2. The minimum atomic E-state index is -4.46. The molecule has 0 atom stereocenters. The van der Waals surface area contributed by atoms with Crippen molar-refractivity contribution in [2.75, 3.05) is 0 Å². The van der Waals surface area contributed by atoms with Crippen LogP contribution >= 0.6 is 0 Å². The van der Waals surface area contributed by atoms with Gasteiger partial charge in [0.1, 0.15) is 0 Å². The van der Waals surface area contributed by atoms with Gasteiger partial charge in [0.25, 0.3) is 0 Å². The minimum Gasteiger partial charge on any atom is -0.309 e. The zero-order valence-corrected chi connectivity index (χ0v) is 51.8. The van der Waals surface area contributed by atoms with E-state index in [0.29, 0.717) is 11.1 Å². The van der Waals surface area contributed by atoms with E-state index in [-0.39, 0.29) is 21.7 Å². The molecule has 2 aromatic heterocycles. The Hall–Kier alpha value is -8.88. The van der Waals surface area contributed by atoms with Crippen molar-refractivity contribution < 1.29 is 26.3 Å². The van der Waals surface area contributed by atoms with Gasteiger partial charge >= 0.3 is 12.4 Å². The molecule has 0 saturated heterocycles. The molecule has 13 rings (SSSR count). The summed E-state index contributed by atoms with van der Waals surface area (Å²) in [6.07, 6.45) is -8.92. The lowest BCUT2D eigenvalue weighted by Crippen LogP contribution is -2.10. The maximum absolute atomic E-state index is 13.8. The lowest BCUT2D eigenvalue weighted by molar-refractivity contribution is -0.138. The summed E-state index contributed by atoms with van der Waals surface area (Å²) >= 11 is 0. The van der Waals surface area contributed by atoms with E-state index in [9.17, 15) is 26.3 Å². The molecule has 0 spiro atoms. The van der Waals surface area contributed by atoms with E-state index < -0.39 is 23.5 Å². The highest BCUT2D eigenvalue weighted by Crippen LogP contribution is 2.48. The van der Waals surface area contributed by atoms with E-state index in [1.165, 1.54) is 68.1 Å². The summed E-state index contributed by atoms with van der Waals surface area (Å²) in [7, 11) is 0. The fourth-order valence-electron chi connectivity index (χ4n) is 12.9. The highest BCUT2D eigenvalue weighted by atomic mass is 19.4. The van der Waals surface area contributed by atoms with Gasteiger partial charge in [0, 0.05) is 32.9 Å². The first-order chi connectivity index (χ1) is 41.4. The van der Waals surface area contributed by atoms with Crippen LogP contribution in [0, 0.1) is 0 Å². The third-order valence-electron chi connectivity index (χ3n) is 18.0. The average molecular weight is 1170 g/mol. The van der Waals surface area contributed by atoms with Crippen LogP contribution in [0.15, 0.2) is 206 Å². The van der Waals surface area contributed by atoms with Crippen LogP contribution in [-0.2, 0) is 34.0 Å². The third kappa shape index (κ3) is 10.2. The van der Waals surface area contributed by atoms with Crippen molar-refractivity contribution in [2.24, 2.45) is 0 Å². The summed E-state index contributed by atoms with van der Waals surface area (Å²) in [5.41, 5.74) is 16.2. The van der Waals surface area contributed by atoms with E-state index in [2.05, 4.69) is 226 Å². The van der Waals surface area contributed by atoms with Crippen LogP contribution in [0.3, 0.4) is 0 Å². The van der Waals surface area contributed by atoms with Crippen molar-refractivity contribution in [3.8, 4) is 55.9 Å². The Morgan fingerprint density at radius 3 is 0.682 bits per heavy atom. The van der Waals surface area contributed by atoms with Crippen molar-refractivity contribution in [2.45, 2.75) is 117 Å². The lowest BCUT2D eigenvalue weighted by atomic mass is 9.85. The van der Waals surface area contributed by atoms with E-state index in [0.717, 1.165) is 113 Å². The fraction of sp³-hybridized carbons (Fsp3) is 0.225. The van der Waals surface area contributed by atoms with Crippen molar-refractivity contribution >= 4 is 65.2 Å². The SMILES string of the molecule is CC(C)(C)c1ccc2c(c1)c1cc(C(C)(C)C)ccc1n2-c1ccc2c(-c3ccc(-c4ccc(C(F)(F)F)cc4)cc3)c3cc(-n4c5ccc(C(C)(C)C)cc5c5cc(C(C)(C)C)ccc54)ccc3c(-c3ccc(-c4ccc(C(F)(F)F)cc4)cc3)c2c1. The fourth-order valence-corrected chi connectivity index (χ4v) is 12.9. The highest BCUT2D eigenvalue weighted by Gasteiger charge is 2.32. The zero-order chi connectivity index (χ0) is 62.4. The molecule has 8 heteroatoms. The number of alkyl halides is 6. The second kappa shape index (κ2) is 20.3. The van der Waals surface area contributed by atoms with Crippen LogP contribution in [0.25, 0.3) is 121 Å². The van der Waals surface area contributed by atoms with E-state index in [1.807, 2.05) is 24.3 Å². The van der Waals surface area contributed by atoms with Gasteiger partial charge < -0.3 is 9.13 Å². The van der Waals surface area contributed by atoms with Crippen LogP contribution in [0.5, 0.6) is 0 Å². The zero-order valence-electron chi connectivity index (χ0n) is 51.8. The molecule has 88 heavy (non-hydrogen) atoms. The smallest absolute Gasteiger partial charge is 0.309 e. The molecule has 11 aromatic carbocycles. The summed E-state index contributed by atoms with van der Waals surface area (Å²) in [5.74, 6) is 0. The first kappa shape index (κ1) is 58.2. The monoisotopic (exact) mass is 1170 g/mol. The molecule has 13 aromatic rings. The predicted molar refractivity (Wildman–Crippen MR) is 357 cm³/mol. The van der Waals surface area contributed by atoms with Gasteiger partial charge in [-0.1, -0.05) is 192 Å². The topological polar surface area (TPSA) is 9.86 Å². The highest BCUT2D eigenvalue weighted by molar-refractivity contribution is 6.23. The molecule has 0 unspecified atom stereocenters. The normalized spacial score (nSPS) is 13.1. The molecule has 0 saturated carbocycles. The molecule has 2 nitrogen and oxygen atoms in total. The second-order valence-corrected chi connectivity index (χ2v) is 28.1. The quantitative estimate of drug-likeness (QED) is 0.116. The second-order valence-electron chi connectivity index (χ2n) is 28.1. The Morgan fingerprint density at radius 1 is 0.216 bits per heavy atom. The Kier molecular flexibility index (Phi) is 13.4. The molecule has 0 aliphatic carbocycles. The van der Waals surface area contributed by atoms with Crippen molar-refractivity contribution in [3.63, 3.8) is 0 Å². The molecule has 442 valence electrons. The number of halogens is 6. The summed E-state index contributed by atoms with van der Waals surface area (Å²) in [6.45, 7) is 27.0. The Balaban J connectivity index is 1.12. The molecule has 0 aliphatic rings. The minimum absolute atomic E-state index is 0.0927. The van der Waals surface area contributed by atoms with Gasteiger partial charge in [-0.3, -0.25) is 0 Å². The number of hydrogen-bond donors (Lipinski definition) is 0. The maximum atomic E-state index is 13.8. The molecule has 0 fully saturated rings. The lowest BCUT2D eigenvalue weighted by Gasteiger charge is -2.21. The van der Waals surface area contributed by atoms with Crippen molar-refractivity contribution in [1.29, 1.82) is 0 Å². The largest absolute Gasteiger partial charge is 0.416 e. The van der Waals surface area contributed by atoms with Gasteiger partial charge in [0.2, 0.25) is 0 Å². The van der Waals surface area contributed by atoms with Gasteiger partial charge in [-0.05, 0) is 207 Å². The summed E-state index contributed by atoms with van der Waals surface area (Å²) in [6, 6.07) is 67.8. The number of fused-ring (bicyclic) bond motifs is 8. The molecular formula is C80H70F6N2. The first-order valence-corrected chi connectivity index (χ1v) is 30.2. The summed E-state index contributed by atoms with van der Waals surface area (Å²) in [4.78, 5) is 0. The molecule has 0 N–H and O–H groups in total. The van der Waals surface area contributed by atoms with Gasteiger partial charge in [-0.25, -0.2) is 0 Å². The molecular weight excluding hydrogens is 1100 g/mol. The molecule has 0 aliphatic heterocycles. The molecule has 0 bridgehead atoms. The number of benzene rings is 11. The van der Waals surface area contributed by atoms with Gasteiger partial charge in [0.05, 0.1) is 33.2 Å². The molecule has 0 radical (unpaired) electrons. The van der Waals surface area contributed by atoms with Gasteiger partial charge in [0.15, 0.2) is 0 Å². The predicted octanol–water partition coefficient (Wildman–Crippen LogP) is 24.1. The Morgan fingerprint density at radius 2 is 0.443 bits per heavy atom. The summed E-state index contributed by atoms with van der Waals surface area (Å²) in [5, 5.41) is 8.60. The standard InChI is InChI=1S/C80H70F6N2/c1-75(2,3)55-29-37-69-63(41-55)64-42-56(76(4,5)6)30-38-70(64)87(69)59-33-35-61-67(45-59)73(51-17-13-47(14-18-51)49-21-25-53(26-22-49)79(81,82)83)62-36-34-60(46-68(62)74(61)52-19-15-48(16-20-52)50-23-27-54(28-24-50)80(84,85)86)88-71-39-31-57(77(7,8)9)43-65(71)66-44-58(78(10,11)12)32-40-72(66)88/h13-46H,1-12H3. The van der Waals surface area contributed by atoms with Crippen LogP contribution in [0.4, 0.5) is 26.3 Å². The Bertz CT molecular complexity index is 4450. The van der Waals surface area contributed by atoms with Crippen LogP contribution in [0.1, 0.15) is 116 Å². The van der Waals surface area contributed by atoms with E-state index in [1.54, 1.807) is 0 Å². The van der Waals surface area contributed by atoms with Crippen LogP contribution < -0.4 is 0 Å². The molecule has 0 amide bonds. The van der Waals surface area contributed by atoms with Crippen molar-refractivity contribution in [1.82, 2.24) is 9.13 Å². The van der Waals surface area contributed by atoms with Crippen LogP contribution in [0.2, 0.25) is 0 Å². The van der Waals surface area contributed by atoms with E-state index in [4.69, 9.17) is 0 Å². The Labute approximate surface area is 510 Å². The average Bonchev–Trinajstić information content (AvgIpc) is 1.32. The summed E-state index contributed by atoms with van der Waals surface area (Å²) < 4.78 is 87.5. The number of nitrogens with zero attached hydrogens (tertiary/aromatic N) is 2. The number of rotatable bonds is 6. The number of hydrogen-bond acceptors (Lipinski definition) is 0.